The molecule has 0 amide bonds. The van der Waals surface area contributed by atoms with E-state index in [1.807, 2.05) is 68.4 Å². The first-order valence-electron chi connectivity index (χ1n) is 8.66. The molecule has 0 N–H and O–H groups in total. The molecule has 1 atom stereocenters. The third-order valence-corrected chi connectivity index (χ3v) is 5.74. The molecule has 0 aliphatic heterocycles. The van der Waals surface area contributed by atoms with Crippen LogP contribution in [0.3, 0.4) is 0 Å². The second-order valence-electron chi connectivity index (χ2n) is 6.81. The van der Waals surface area contributed by atoms with Crippen LogP contribution < -0.4 is 0 Å². The maximum Gasteiger partial charge on any atom is 0.195 e. The van der Waals surface area contributed by atoms with Crippen molar-refractivity contribution in [1.29, 1.82) is 0 Å². The first kappa shape index (κ1) is 18.4. The standard InChI is InChI=1S/C21H23NO3S/c1-15(13-14-26(3,24)25)22-16(2)20(18-11-7-8-12-19(18)22)21(23)17-9-5-4-6-10-17/h4-12,15H,13-14H2,1-3H3. The highest BCUT2D eigenvalue weighted by atomic mass is 32.2. The Morgan fingerprint density at radius 2 is 1.65 bits per heavy atom. The van der Waals surface area contributed by atoms with Gasteiger partial charge in [0.15, 0.2) is 5.78 Å². The Labute approximate surface area is 154 Å². The molecular formula is C21H23NO3S. The van der Waals surface area contributed by atoms with Gasteiger partial charge in [-0.2, -0.15) is 0 Å². The summed E-state index contributed by atoms with van der Waals surface area (Å²) in [6.45, 7) is 3.94. The van der Waals surface area contributed by atoms with Gasteiger partial charge >= 0.3 is 0 Å². The summed E-state index contributed by atoms with van der Waals surface area (Å²) in [5.74, 6) is 0.121. The highest BCUT2D eigenvalue weighted by Crippen LogP contribution is 2.31. The van der Waals surface area contributed by atoms with Crippen LogP contribution >= 0.6 is 0 Å². The van der Waals surface area contributed by atoms with E-state index in [1.165, 1.54) is 6.26 Å². The Morgan fingerprint density at radius 1 is 1.04 bits per heavy atom. The summed E-state index contributed by atoms with van der Waals surface area (Å²) in [6.07, 6.45) is 1.77. The van der Waals surface area contributed by atoms with Crippen LogP contribution in [0.2, 0.25) is 0 Å². The van der Waals surface area contributed by atoms with Crippen molar-refractivity contribution in [3.05, 3.63) is 71.4 Å². The van der Waals surface area contributed by atoms with Gasteiger partial charge in [0.05, 0.1) is 11.3 Å². The summed E-state index contributed by atoms with van der Waals surface area (Å²) in [5, 5.41) is 0.907. The van der Waals surface area contributed by atoms with Crippen LogP contribution in [0.25, 0.3) is 10.9 Å². The van der Waals surface area contributed by atoms with Crippen LogP contribution in [-0.2, 0) is 9.84 Å². The number of sulfone groups is 1. The first-order chi connectivity index (χ1) is 12.3. The molecule has 26 heavy (non-hydrogen) atoms. The van der Waals surface area contributed by atoms with E-state index < -0.39 is 9.84 Å². The van der Waals surface area contributed by atoms with Gasteiger partial charge in [0, 0.05) is 34.5 Å². The molecule has 0 saturated heterocycles. The quantitative estimate of drug-likeness (QED) is 0.613. The molecule has 0 spiro atoms. The number of hydrogen-bond acceptors (Lipinski definition) is 3. The van der Waals surface area contributed by atoms with Crippen LogP contribution in [0.5, 0.6) is 0 Å². The molecule has 2 aromatic carbocycles. The molecule has 0 fully saturated rings. The van der Waals surface area contributed by atoms with Gasteiger partial charge in [0.1, 0.15) is 9.84 Å². The summed E-state index contributed by atoms with van der Waals surface area (Å²) in [7, 11) is -3.03. The van der Waals surface area contributed by atoms with Crippen molar-refractivity contribution in [3.8, 4) is 0 Å². The largest absolute Gasteiger partial charge is 0.341 e. The molecule has 3 aromatic rings. The topological polar surface area (TPSA) is 56.1 Å². The molecule has 0 aliphatic rings. The van der Waals surface area contributed by atoms with Gasteiger partial charge in [-0.15, -0.1) is 0 Å². The average Bonchev–Trinajstić information content (AvgIpc) is 2.91. The fraction of sp³-hybridized carbons (Fsp3) is 0.286. The van der Waals surface area contributed by atoms with Gasteiger partial charge < -0.3 is 4.57 Å². The van der Waals surface area contributed by atoms with Gasteiger partial charge in [-0.25, -0.2) is 8.42 Å². The summed E-state index contributed by atoms with van der Waals surface area (Å²) in [4.78, 5) is 13.1. The maximum atomic E-state index is 13.1. The molecular weight excluding hydrogens is 346 g/mol. The molecule has 1 heterocycles. The third-order valence-electron chi connectivity index (χ3n) is 4.77. The Kier molecular flexibility index (Phi) is 5.01. The molecule has 4 nitrogen and oxygen atoms in total. The van der Waals surface area contributed by atoms with Crippen molar-refractivity contribution < 1.29 is 13.2 Å². The minimum Gasteiger partial charge on any atom is -0.341 e. The van der Waals surface area contributed by atoms with E-state index in [1.54, 1.807) is 0 Å². The zero-order chi connectivity index (χ0) is 18.9. The molecule has 1 aromatic heterocycles. The predicted octanol–water partition coefficient (Wildman–Crippen LogP) is 4.18. The van der Waals surface area contributed by atoms with Gasteiger partial charge in [-0.3, -0.25) is 4.79 Å². The lowest BCUT2D eigenvalue weighted by atomic mass is 10.0. The minimum absolute atomic E-state index is 0.00615. The van der Waals surface area contributed by atoms with E-state index in [-0.39, 0.29) is 17.6 Å². The second-order valence-corrected chi connectivity index (χ2v) is 9.07. The van der Waals surface area contributed by atoms with Gasteiger partial charge in [0.25, 0.3) is 0 Å². The minimum atomic E-state index is -3.03. The van der Waals surface area contributed by atoms with Crippen molar-refractivity contribution in [2.75, 3.05) is 12.0 Å². The number of aromatic nitrogens is 1. The van der Waals surface area contributed by atoms with Crippen LogP contribution in [0.4, 0.5) is 0 Å². The zero-order valence-electron chi connectivity index (χ0n) is 15.3. The lowest BCUT2D eigenvalue weighted by Gasteiger charge is -2.17. The summed E-state index contributed by atoms with van der Waals surface area (Å²) in [6, 6.07) is 17.0. The number of ketones is 1. The van der Waals surface area contributed by atoms with Gasteiger partial charge in [0.2, 0.25) is 0 Å². The number of carbonyl (C=O) groups is 1. The Hall–Kier alpha value is -2.40. The lowest BCUT2D eigenvalue weighted by Crippen LogP contribution is -2.13. The summed E-state index contributed by atoms with van der Waals surface area (Å²) < 4.78 is 25.2. The lowest BCUT2D eigenvalue weighted by molar-refractivity contribution is 0.103. The van der Waals surface area contributed by atoms with E-state index in [0.717, 1.165) is 16.6 Å². The number of nitrogens with zero attached hydrogens (tertiary/aromatic N) is 1. The van der Waals surface area contributed by atoms with Crippen molar-refractivity contribution in [2.24, 2.45) is 0 Å². The number of fused-ring (bicyclic) bond motifs is 1. The fourth-order valence-electron chi connectivity index (χ4n) is 3.49. The molecule has 136 valence electrons. The van der Waals surface area contributed by atoms with Crippen LogP contribution in [0.15, 0.2) is 54.6 Å². The number of carbonyl (C=O) groups excluding carboxylic acids is 1. The van der Waals surface area contributed by atoms with E-state index in [2.05, 4.69) is 4.57 Å². The third kappa shape index (κ3) is 3.58. The Bertz CT molecular complexity index is 1050. The number of para-hydroxylation sites is 1. The molecule has 0 bridgehead atoms. The highest BCUT2D eigenvalue weighted by Gasteiger charge is 2.23. The average molecular weight is 369 g/mol. The van der Waals surface area contributed by atoms with E-state index in [0.29, 0.717) is 17.5 Å². The van der Waals surface area contributed by atoms with Crippen molar-refractivity contribution in [2.45, 2.75) is 26.3 Å². The molecule has 5 heteroatoms. The highest BCUT2D eigenvalue weighted by molar-refractivity contribution is 7.90. The molecule has 0 radical (unpaired) electrons. The number of benzene rings is 2. The number of rotatable bonds is 6. The smallest absolute Gasteiger partial charge is 0.195 e. The van der Waals surface area contributed by atoms with Crippen LogP contribution in [0.1, 0.15) is 41.0 Å². The predicted molar refractivity (Wildman–Crippen MR) is 106 cm³/mol. The fourth-order valence-corrected chi connectivity index (χ4v) is 4.26. The Balaban J connectivity index is 2.11. The molecule has 0 aliphatic carbocycles. The second kappa shape index (κ2) is 7.08. The van der Waals surface area contributed by atoms with Crippen LogP contribution in [-0.4, -0.2) is 30.8 Å². The van der Waals surface area contributed by atoms with Gasteiger partial charge in [-0.05, 0) is 26.3 Å². The van der Waals surface area contributed by atoms with E-state index >= 15 is 0 Å². The summed E-state index contributed by atoms with van der Waals surface area (Å²) in [5.41, 5.74) is 3.19. The van der Waals surface area contributed by atoms with E-state index in [4.69, 9.17) is 0 Å². The monoisotopic (exact) mass is 369 g/mol. The van der Waals surface area contributed by atoms with Crippen molar-refractivity contribution in [3.63, 3.8) is 0 Å². The van der Waals surface area contributed by atoms with Gasteiger partial charge in [-0.1, -0.05) is 48.5 Å². The zero-order valence-corrected chi connectivity index (χ0v) is 16.1. The number of hydrogen-bond donors (Lipinski definition) is 0. The SMILES string of the molecule is Cc1c(C(=O)c2ccccc2)c2ccccc2n1C(C)CCS(C)(=O)=O. The summed E-state index contributed by atoms with van der Waals surface area (Å²) >= 11 is 0. The van der Waals surface area contributed by atoms with E-state index in [9.17, 15) is 13.2 Å². The van der Waals surface area contributed by atoms with Crippen LogP contribution in [0, 0.1) is 6.92 Å². The first-order valence-corrected chi connectivity index (χ1v) is 10.7. The molecule has 1 unspecified atom stereocenters. The Morgan fingerprint density at radius 3 is 2.31 bits per heavy atom. The van der Waals surface area contributed by atoms with Crippen molar-refractivity contribution in [1.82, 2.24) is 4.57 Å². The molecule has 3 rings (SSSR count). The maximum absolute atomic E-state index is 13.1. The molecule has 0 saturated carbocycles. The normalized spacial score (nSPS) is 13.0. The van der Waals surface area contributed by atoms with Crippen molar-refractivity contribution >= 4 is 26.5 Å².